The number of esters is 1. The zero-order chi connectivity index (χ0) is 19.2. The van der Waals surface area contributed by atoms with Crippen LogP contribution in [0.5, 0.6) is 0 Å². The molecule has 0 saturated carbocycles. The molecule has 5 nitrogen and oxygen atoms in total. The number of carbonyl (C=O) groups is 2. The fraction of sp³-hybridized carbons (Fsp3) is 0.700. The van der Waals surface area contributed by atoms with Gasteiger partial charge < -0.3 is 14.4 Å². The van der Waals surface area contributed by atoms with Gasteiger partial charge in [0.15, 0.2) is 0 Å². The van der Waals surface area contributed by atoms with Crippen molar-refractivity contribution in [3.05, 3.63) is 21.9 Å². The Balaban J connectivity index is 0.000000263. The number of methoxy groups -OCH3 is 2. The van der Waals surface area contributed by atoms with Crippen molar-refractivity contribution in [2.24, 2.45) is 0 Å². The molecule has 1 saturated heterocycles. The van der Waals surface area contributed by atoms with Gasteiger partial charge in [0.05, 0.1) is 13.7 Å². The third-order valence-electron chi connectivity index (χ3n) is 4.29. The molecule has 1 aliphatic rings. The molecule has 1 aromatic heterocycles. The summed E-state index contributed by atoms with van der Waals surface area (Å²) in [4.78, 5) is 25.9. The smallest absolute Gasteiger partial charge is 0.348 e. The lowest BCUT2D eigenvalue weighted by Gasteiger charge is -2.14. The lowest BCUT2D eigenvalue weighted by Crippen LogP contribution is -2.25. The van der Waals surface area contributed by atoms with Gasteiger partial charge in [-0.05, 0) is 25.0 Å². The minimum Gasteiger partial charge on any atom is -0.465 e. The first kappa shape index (κ1) is 22.6. The molecule has 0 unspecified atom stereocenters. The highest BCUT2D eigenvalue weighted by molar-refractivity contribution is 7.13. The first-order chi connectivity index (χ1) is 12.6. The van der Waals surface area contributed by atoms with E-state index in [9.17, 15) is 9.59 Å². The van der Waals surface area contributed by atoms with E-state index in [4.69, 9.17) is 4.74 Å². The van der Waals surface area contributed by atoms with Crippen molar-refractivity contribution in [3.63, 3.8) is 0 Å². The van der Waals surface area contributed by atoms with Gasteiger partial charge in [0.25, 0.3) is 0 Å². The standard InChI is InChI=1S/C12H23NO.C8H10O3S/c1-2-3-4-5-6-7-10-13-11-8-9-12(13)14;1-10-5-6-3-4-7(12-6)8(9)11-2/h2-11H2,1H3;3-4H,5H2,1-2H3. The molecule has 0 spiro atoms. The monoisotopic (exact) mass is 383 g/mol. The van der Waals surface area contributed by atoms with E-state index in [2.05, 4.69) is 11.7 Å². The van der Waals surface area contributed by atoms with Gasteiger partial charge >= 0.3 is 5.97 Å². The number of hydrogen-bond donors (Lipinski definition) is 0. The summed E-state index contributed by atoms with van der Waals surface area (Å²) in [6, 6.07) is 3.60. The van der Waals surface area contributed by atoms with Gasteiger partial charge in [-0.1, -0.05) is 39.0 Å². The van der Waals surface area contributed by atoms with Crippen LogP contribution in [-0.4, -0.2) is 44.1 Å². The van der Waals surface area contributed by atoms with Crippen LogP contribution >= 0.6 is 11.3 Å². The molecule has 0 aliphatic carbocycles. The highest BCUT2D eigenvalue weighted by Crippen LogP contribution is 2.17. The Labute approximate surface area is 161 Å². The first-order valence-electron chi connectivity index (χ1n) is 9.56. The highest BCUT2D eigenvalue weighted by Gasteiger charge is 2.18. The van der Waals surface area contributed by atoms with Crippen molar-refractivity contribution in [1.29, 1.82) is 0 Å². The lowest BCUT2D eigenvalue weighted by atomic mass is 10.1. The molecule has 2 heterocycles. The molecule has 1 fully saturated rings. The number of rotatable bonds is 10. The van der Waals surface area contributed by atoms with Gasteiger partial charge in [-0.25, -0.2) is 4.79 Å². The quantitative estimate of drug-likeness (QED) is 0.436. The SMILES string of the molecule is CCCCCCCCN1CCCC1=O.COCc1ccc(C(=O)OC)s1. The zero-order valence-electron chi connectivity index (χ0n) is 16.4. The molecule has 2 rings (SSSR count). The molecule has 0 bridgehead atoms. The maximum atomic E-state index is 11.3. The Bertz CT molecular complexity index is 530. The van der Waals surface area contributed by atoms with E-state index >= 15 is 0 Å². The summed E-state index contributed by atoms with van der Waals surface area (Å²) in [7, 11) is 3.00. The van der Waals surface area contributed by atoms with Crippen LogP contribution in [-0.2, 0) is 20.9 Å². The molecular weight excluding hydrogens is 350 g/mol. The molecule has 0 radical (unpaired) electrons. The molecule has 1 aliphatic heterocycles. The fourth-order valence-electron chi connectivity index (χ4n) is 2.83. The van der Waals surface area contributed by atoms with E-state index in [-0.39, 0.29) is 5.97 Å². The fourth-order valence-corrected chi connectivity index (χ4v) is 3.73. The molecule has 148 valence electrons. The Kier molecular flexibility index (Phi) is 12.0. The third kappa shape index (κ3) is 8.81. The van der Waals surface area contributed by atoms with E-state index in [1.807, 2.05) is 11.0 Å². The number of ether oxygens (including phenoxy) is 2. The predicted octanol–water partition coefficient (Wildman–Crippen LogP) is 4.65. The largest absolute Gasteiger partial charge is 0.465 e. The number of nitrogens with zero attached hydrogens (tertiary/aromatic N) is 1. The van der Waals surface area contributed by atoms with Crippen LogP contribution < -0.4 is 0 Å². The van der Waals surface area contributed by atoms with Gasteiger partial charge in [-0.2, -0.15) is 0 Å². The second kappa shape index (κ2) is 13.8. The minimum atomic E-state index is -0.289. The summed E-state index contributed by atoms with van der Waals surface area (Å²) >= 11 is 1.39. The maximum Gasteiger partial charge on any atom is 0.348 e. The molecule has 0 atom stereocenters. The van der Waals surface area contributed by atoms with E-state index in [1.165, 1.54) is 57.0 Å². The number of amides is 1. The number of thiophene rings is 1. The van der Waals surface area contributed by atoms with Crippen molar-refractivity contribution in [1.82, 2.24) is 4.90 Å². The van der Waals surface area contributed by atoms with Crippen molar-refractivity contribution in [2.75, 3.05) is 27.3 Å². The molecule has 0 N–H and O–H groups in total. The summed E-state index contributed by atoms with van der Waals surface area (Å²) in [5.41, 5.74) is 0. The van der Waals surface area contributed by atoms with Crippen molar-refractivity contribution < 1.29 is 19.1 Å². The van der Waals surface area contributed by atoms with Crippen molar-refractivity contribution in [2.45, 2.75) is 64.9 Å². The second-order valence-electron chi connectivity index (χ2n) is 6.44. The van der Waals surface area contributed by atoms with Crippen LogP contribution in [0.15, 0.2) is 12.1 Å². The summed E-state index contributed by atoms with van der Waals surface area (Å²) in [6.07, 6.45) is 9.75. The maximum absolute atomic E-state index is 11.3. The molecule has 1 aromatic rings. The number of likely N-dealkylation sites (tertiary alicyclic amines) is 1. The van der Waals surface area contributed by atoms with Crippen LogP contribution in [0.4, 0.5) is 0 Å². The topological polar surface area (TPSA) is 55.8 Å². The average Bonchev–Trinajstić information content (AvgIpc) is 3.27. The molecule has 26 heavy (non-hydrogen) atoms. The van der Waals surface area contributed by atoms with Gasteiger partial charge in [0, 0.05) is 31.5 Å². The summed E-state index contributed by atoms with van der Waals surface area (Å²) in [6.45, 7) is 4.79. The van der Waals surface area contributed by atoms with Gasteiger partial charge in [-0.3, -0.25) is 4.79 Å². The second-order valence-corrected chi connectivity index (χ2v) is 7.61. The van der Waals surface area contributed by atoms with Crippen LogP contribution in [0, 0.1) is 0 Å². The van der Waals surface area contributed by atoms with E-state index in [1.54, 1.807) is 13.2 Å². The molecule has 1 amide bonds. The minimum absolute atomic E-state index is 0.289. The first-order valence-corrected chi connectivity index (χ1v) is 10.4. The number of carbonyl (C=O) groups excluding carboxylic acids is 2. The predicted molar refractivity (Wildman–Crippen MR) is 106 cm³/mol. The number of hydrogen-bond acceptors (Lipinski definition) is 5. The Morgan fingerprint density at radius 1 is 1.15 bits per heavy atom. The Hall–Kier alpha value is -1.40. The van der Waals surface area contributed by atoms with E-state index in [0.29, 0.717) is 17.4 Å². The summed E-state index contributed by atoms with van der Waals surface area (Å²) in [5.74, 6) is 0.0842. The highest BCUT2D eigenvalue weighted by atomic mass is 32.1. The van der Waals surface area contributed by atoms with Crippen LogP contribution in [0.2, 0.25) is 0 Å². The van der Waals surface area contributed by atoms with E-state index in [0.717, 1.165) is 30.8 Å². The van der Waals surface area contributed by atoms with E-state index < -0.39 is 0 Å². The molecule has 0 aromatic carbocycles. The van der Waals surface area contributed by atoms with Gasteiger partial charge in [0.1, 0.15) is 4.88 Å². The van der Waals surface area contributed by atoms with Crippen LogP contribution in [0.3, 0.4) is 0 Å². The zero-order valence-corrected chi connectivity index (χ0v) is 17.2. The number of unbranched alkanes of at least 4 members (excludes halogenated alkanes) is 5. The van der Waals surface area contributed by atoms with Crippen molar-refractivity contribution in [3.8, 4) is 0 Å². The van der Waals surface area contributed by atoms with Crippen LogP contribution in [0.1, 0.15) is 72.8 Å². The average molecular weight is 384 g/mol. The Morgan fingerprint density at radius 3 is 2.50 bits per heavy atom. The van der Waals surface area contributed by atoms with Crippen LogP contribution in [0.25, 0.3) is 0 Å². The van der Waals surface area contributed by atoms with Gasteiger partial charge in [0.2, 0.25) is 5.91 Å². The summed E-state index contributed by atoms with van der Waals surface area (Å²) < 4.78 is 9.47. The Morgan fingerprint density at radius 2 is 1.88 bits per heavy atom. The molecular formula is C20H33NO4S. The molecule has 6 heteroatoms. The lowest BCUT2D eigenvalue weighted by molar-refractivity contribution is -0.127. The normalized spacial score (nSPS) is 13.5. The van der Waals surface area contributed by atoms with Crippen molar-refractivity contribution >= 4 is 23.2 Å². The third-order valence-corrected chi connectivity index (χ3v) is 5.33. The van der Waals surface area contributed by atoms with Gasteiger partial charge in [-0.15, -0.1) is 11.3 Å². The summed E-state index contributed by atoms with van der Waals surface area (Å²) in [5, 5.41) is 0.